The zero-order chi connectivity index (χ0) is 11.0. The number of nitro groups is 1. The number of hydrogen-bond acceptors (Lipinski definition) is 5. The van der Waals surface area contributed by atoms with Crippen LogP contribution in [0.15, 0.2) is 15.3 Å². The maximum atomic E-state index is 10.1. The molecule has 0 aromatic heterocycles. The van der Waals surface area contributed by atoms with E-state index in [2.05, 4.69) is 30.1 Å². The van der Waals surface area contributed by atoms with Crippen LogP contribution < -0.4 is 0 Å². The third kappa shape index (κ3) is 3.15. The number of nitrogens with zero attached hydrogens (tertiary/aromatic N) is 10. The van der Waals surface area contributed by atoms with Gasteiger partial charge in [0.1, 0.15) is 0 Å². The Kier molecular flexibility index (Phi) is 4.10. The average Bonchev–Trinajstić information content (AvgIpc) is 2.03. The van der Waals surface area contributed by atoms with Gasteiger partial charge in [0, 0.05) is 19.7 Å². The molecule has 0 bridgehead atoms. The normalized spacial score (nSPS) is 12.3. The fourth-order valence-electron chi connectivity index (χ4n) is 0.543. The van der Waals surface area contributed by atoms with E-state index in [4.69, 9.17) is 16.6 Å². The third-order valence-corrected chi connectivity index (χ3v) is 0.956. The molecule has 0 aromatic rings. The van der Waals surface area contributed by atoms with Crippen LogP contribution in [0.25, 0.3) is 31.3 Å². The van der Waals surface area contributed by atoms with Gasteiger partial charge in [-0.3, -0.25) is 10.1 Å². The molecule has 0 unspecified atom stereocenters. The van der Waals surface area contributed by atoms with Crippen LogP contribution in [-0.2, 0) is 0 Å². The van der Waals surface area contributed by atoms with Gasteiger partial charge in [0.2, 0.25) is 6.54 Å². The van der Waals surface area contributed by atoms with Gasteiger partial charge >= 0.3 is 0 Å². The second-order valence-corrected chi connectivity index (χ2v) is 1.83. The minimum atomic E-state index is -2.40. The lowest BCUT2D eigenvalue weighted by Gasteiger charge is -2.09. The highest BCUT2D eigenvalue weighted by Crippen LogP contribution is 2.16. The average molecular weight is 198 g/mol. The van der Waals surface area contributed by atoms with Crippen molar-refractivity contribution in [2.45, 2.75) is 5.79 Å². The molecule has 0 aromatic carbocycles. The van der Waals surface area contributed by atoms with Crippen molar-refractivity contribution >= 4 is 0 Å². The van der Waals surface area contributed by atoms with E-state index < -0.39 is 17.3 Å². The lowest BCUT2D eigenvalue weighted by Crippen LogP contribution is -2.29. The topological polar surface area (TPSA) is 189 Å². The number of rotatable bonds is 5. The van der Waals surface area contributed by atoms with Crippen molar-refractivity contribution in [2.75, 3.05) is 6.54 Å². The minimum Gasteiger partial charge on any atom is -0.265 e. The molecule has 0 N–H and O–H groups in total. The summed E-state index contributed by atoms with van der Waals surface area (Å²) < 4.78 is 0. The minimum absolute atomic E-state index is 0.933. The fraction of sp³-hybridized carbons (Fsp3) is 1.00. The van der Waals surface area contributed by atoms with Crippen LogP contribution in [-0.4, -0.2) is 17.3 Å². The van der Waals surface area contributed by atoms with E-state index in [1.54, 1.807) is 0 Å². The Bertz CT molecular complexity index is 320. The number of azide groups is 1. The molecule has 0 rings (SSSR count). The van der Waals surface area contributed by atoms with Crippen molar-refractivity contribution in [1.82, 2.24) is 0 Å². The van der Waals surface area contributed by atoms with Crippen molar-refractivity contribution in [1.29, 1.82) is 0 Å². The van der Waals surface area contributed by atoms with Crippen molar-refractivity contribution in [2.24, 2.45) is 15.3 Å². The van der Waals surface area contributed by atoms with Gasteiger partial charge in [-0.2, -0.15) is 0 Å². The molecule has 0 heterocycles. The molecule has 0 radical (unpaired) electrons. The van der Waals surface area contributed by atoms with E-state index in [-0.39, 0.29) is 0 Å². The highest BCUT2D eigenvalue weighted by atomic mass is 16.6. The van der Waals surface area contributed by atoms with Crippen LogP contribution in [0, 0.1) is 10.1 Å². The van der Waals surface area contributed by atoms with E-state index in [9.17, 15) is 10.1 Å². The second-order valence-electron chi connectivity index (χ2n) is 1.83. The molecule has 14 heavy (non-hydrogen) atoms. The van der Waals surface area contributed by atoms with Crippen LogP contribution in [0.5, 0.6) is 0 Å². The van der Waals surface area contributed by atoms with Crippen LogP contribution in [0.3, 0.4) is 0 Å². The van der Waals surface area contributed by atoms with E-state index in [1.807, 2.05) is 0 Å². The summed E-state index contributed by atoms with van der Waals surface area (Å²) in [5, 5.41) is 18.4. The molecule has 0 aliphatic heterocycles. The largest absolute Gasteiger partial charge is 0.267 e. The Morgan fingerprint density at radius 3 is 1.71 bits per heavy atom. The molecule has 12 heteroatoms. The maximum absolute atomic E-state index is 10.1. The van der Waals surface area contributed by atoms with Crippen molar-refractivity contribution < 1.29 is 4.92 Å². The van der Waals surface area contributed by atoms with Gasteiger partial charge in [-0.25, -0.2) is 0 Å². The Morgan fingerprint density at radius 2 is 1.50 bits per heavy atom. The van der Waals surface area contributed by atoms with Gasteiger partial charge in [0.25, 0.3) is 5.79 Å². The summed E-state index contributed by atoms with van der Waals surface area (Å²) in [5.74, 6) is -2.40. The maximum Gasteiger partial charge on any atom is 0.267 e. The monoisotopic (exact) mass is 198 g/mol. The summed E-state index contributed by atoms with van der Waals surface area (Å²) >= 11 is 0. The molecule has 0 spiro atoms. The zero-order valence-electron chi connectivity index (χ0n) is 6.50. The predicted octanol–water partition coefficient (Wildman–Crippen LogP) is 1.85. The Morgan fingerprint density at radius 1 is 1.14 bits per heavy atom. The molecule has 0 saturated heterocycles. The predicted molar refractivity (Wildman–Crippen MR) is 42.0 cm³/mol. The molecule has 0 aliphatic carbocycles. The first kappa shape index (κ1) is 11.3. The van der Waals surface area contributed by atoms with Gasteiger partial charge in [-0.1, -0.05) is 15.3 Å². The van der Waals surface area contributed by atoms with E-state index in [0.29, 0.717) is 0 Å². The Labute approximate surface area is 75.2 Å². The smallest absolute Gasteiger partial charge is 0.265 e. The van der Waals surface area contributed by atoms with Crippen LogP contribution >= 0.6 is 0 Å². The molecule has 12 nitrogen and oxygen atoms in total. The third-order valence-electron chi connectivity index (χ3n) is 0.956. The highest BCUT2D eigenvalue weighted by molar-refractivity contribution is 4.83. The molecular weight excluding hydrogens is 196 g/mol. The summed E-state index contributed by atoms with van der Waals surface area (Å²) in [7, 11) is 0. The lowest BCUT2D eigenvalue weighted by molar-refractivity contribution is -0.489. The summed E-state index contributed by atoms with van der Waals surface area (Å²) in [6.07, 6.45) is 0. The SMILES string of the molecule is [N-]=[N+]=NC(C[N+](=O)[O-])(N=[N+]=[N-])N=[N+]=[N-]. The summed E-state index contributed by atoms with van der Waals surface area (Å²) in [5.41, 5.74) is 24.1. The fourth-order valence-corrected chi connectivity index (χ4v) is 0.543. The lowest BCUT2D eigenvalue weighted by atomic mass is 10.4. The van der Waals surface area contributed by atoms with Gasteiger partial charge in [0.05, 0.1) is 0 Å². The Balaban J connectivity index is 5.33. The van der Waals surface area contributed by atoms with Crippen molar-refractivity contribution in [3.63, 3.8) is 0 Å². The molecule has 72 valence electrons. The molecule has 0 aliphatic rings. The Hall–Kier alpha value is -2.67. The van der Waals surface area contributed by atoms with E-state index in [0.717, 1.165) is 0 Å². The first-order valence-corrected chi connectivity index (χ1v) is 2.91. The summed E-state index contributed by atoms with van der Waals surface area (Å²) in [6, 6.07) is 0. The van der Waals surface area contributed by atoms with Gasteiger partial charge < -0.3 is 0 Å². The van der Waals surface area contributed by atoms with Crippen molar-refractivity contribution in [3.8, 4) is 0 Å². The highest BCUT2D eigenvalue weighted by Gasteiger charge is 2.33. The van der Waals surface area contributed by atoms with Crippen LogP contribution in [0.4, 0.5) is 0 Å². The molecular formula is C2H2N10O2. The standard InChI is InChI=1S/C2H2N10O2/c3-9-6-2(7-10-4,8-11-5)1-12(13)14/h1H2. The van der Waals surface area contributed by atoms with Crippen molar-refractivity contribution in [3.05, 3.63) is 41.4 Å². The number of hydrogen-bond donors (Lipinski definition) is 0. The van der Waals surface area contributed by atoms with Crippen LogP contribution in [0.1, 0.15) is 0 Å². The second kappa shape index (κ2) is 5.06. The van der Waals surface area contributed by atoms with E-state index in [1.165, 1.54) is 0 Å². The van der Waals surface area contributed by atoms with Gasteiger partial charge in [-0.15, -0.1) is 0 Å². The summed E-state index contributed by atoms with van der Waals surface area (Å²) in [4.78, 5) is 15.7. The van der Waals surface area contributed by atoms with Gasteiger partial charge in [-0.05, 0) is 16.6 Å². The quantitative estimate of drug-likeness (QED) is 0.214. The van der Waals surface area contributed by atoms with Crippen LogP contribution in [0.2, 0.25) is 0 Å². The zero-order valence-corrected chi connectivity index (χ0v) is 6.50. The molecule has 0 fully saturated rings. The van der Waals surface area contributed by atoms with Gasteiger partial charge in [0.15, 0.2) is 0 Å². The van der Waals surface area contributed by atoms with E-state index >= 15 is 0 Å². The first-order chi connectivity index (χ1) is 6.60. The summed E-state index contributed by atoms with van der Waals surface area (Å²) in [6.45, 7) is -1.11. The molecule has 0 saturated carbocycles. The molecule has 0 atom stereocenters. The first-order valence-electron chi connectivity index (χ1n) is 2.91. The molecule has 0 amide bonds.